The number of aliphatic imine (C=N–C) groups is 1. The van der Waals surface area contributed by atoms with Gasteiger partial charge in [-0.05, 0) is 31.0 Å². The van der Waals surface area contributed by atoms with E-state index in [2.05, 4.69) is 4.99 Å². The highest BCUT2D eigenvalue weighted by molar-refractivity contribution is 8.26. The van der Waals surface area contributed by atoms with Crippen molar-refractivity contribution in [3.8, 4) is 0 Å². The molecule has 0 heterocycles. The fourth-order valence-electron chi connectivity index (χ4n) is 0.464. The zero-order valence-corrected chi connectivity index (χ0v) is 7.48. The number of nitrogens with zero attached hydrogens (tertiary/aromatic N) is 1. The second-order valence-corrected chi connectivity index (χ2v) is 2.91. The number of allylic oxidation sites excluding steroid dienone is 1. The Hall–Kier alpha value is -1.30. The summed E-state index contributed by atoms with van der Waals surface area (Å²) in [7, 11) is 0. The van der Waals surface area contributed by atoms with Crippen LogP contribution >= 0.6 is 11.8 Å². The molecule has 0 atom stereocenters. The van der Waals surface area contributed by atoms with Crippen LogP contribution in [0.1, 0.15) is 6.92 Å². The summed E-state index contributed by atoms with van der Waals surface area (Å²) in [5.41, 5.74) is 10.7. The predicted molar refractivity (Wildman–Crippen MR) is 53.7 cm³/mol. The molecule has 0 saturated heterocycles. The second-order valence-electron chi connectivity index (χ2n) is 1.88. The molecule has 0 aliphatic heterocycles. The molecule has 0 unspecified atom stereocenters. The van der Waals surface area contributed by atoms with Gasteiger partial charge >= 0.3 is 0 Å². The van der Waals surface area contributed by atoms with Gasteiger partial charge in [0, 0.05) is 5.71 Å². The topological polar surface area (TPSA) is 112 Å². The molecule has 0 aromatic heterocycles. The molecule has 66 valence electrons. The molecule has 0 aromatic rings. The molecule has 5 nitrogen and oxygen atoms in total. The molecule has 0 amide bonds. The van der Waals surface area contributed by atoms with Crippen molar-refractivity contribution < 1.29 is 0 Å². The number of amidine groups is 2. The van der Waals surface area contributed by atoms with Gasteiger partial charge in [0.15, 0.2) is 10.3 Å². The van der Waals surface area contributed by atoms with Crippen molar-refractivity contribution >= 4 is 27.8 Å². The molecule has 0 aromatic carbocycles. The van der Waals surface area contributed by atoms with Gasteiger partial charge in [0.2, 0.25) is 0 Å². The van der Waals surface area contributed by atoms with Crippen LogP contribution in [-0.2, 0) is 0 Å². The first-order chi connectivity index (χ1) is 5.56. The van der Waals surface area contributed by atoms with E-state index in [1.807, 2.05) is 0 Å². The van der Waals surface area contributed by atoms with Crippen LogP contribution in [0.4, 0.5) is 0 Å². The summed E-state index contributed by atoms with van der Waals surface area (Å²) >= 11 is 0.791. The van der Waals surface area contributed by atoms with Crippen LogP contribution in [-0.4, -0.2) is 16.0 Å². The van der Waals surface area contributed by atoms with Crippen molar-refractivity contribution in [2.45, 2.75) is 6.92 Å². The molecule has 6 heteroatoms. The van der Waals surface area contributed by atoms with Crippen LogP contribution in [0.25, 0.3) is 0 Å². The molecule has 0 spiro atoms. The lowest BCUT2D eigenvalue weighted by Gasteiger charge is -1.94. The maximum absolute atomic E-state index is 7.21. The summed E-state index contributed by atoms with van der Waals surface area (Å²) in [6.45, 7) is 1.71. The van der Waals surface area contributed by atoms with E-state index in [1.54, 1.807) is 13.0 Å². The Kier molecular flexibility index (Phi) is 4.78. The largest absolute Gasteiger partial charge is 0.405 e. The third kappa shape index (κ3) is 5.48. The molecule has 0 rings (SSSR count). The van der Waals surface area contributed by atoms with E-state index in [0.717, 1.165) is 11.8 Å². The number of nitrogens with two attached hydrogens (primary N) is 2. The predicted octanol–water partition coefficient (Wildman–Crippen LogP) is 0.481. The highest BCUT2D eigenvalue weighted by Crippen LogP contribution is 2.01. The second kappa shape index (κ2) is 5.36. The van der Waals surface area contributed by atoms with Crippen molar-refractivity contribution in [3.05, 3.63) is 12.3 Å². The van der Waals surface area contributed by atoms with Crippen LogP contribution in [0, 0.1) is 10.8 Å². The van der Waals surface area contributed by atoms with Gasteiger partial charge in [0.05, 0.1) is 0 Å². The Bertz CT molecular complexity index is 242. The van der Waals surface area contributed by atoms with Gasteiger partial charge in [-0.1, -0.05) is 0 Å². The maximum atomic E-state index is 7.21. The normalized spacial score (nSPS) is 11.9. The molecular formula is C6H11N5S. The van der Waals surface area contributed by atoms with Gasteiger partial charge in [0.25, 0.3) is 0 Å². The van der Waals surface area contributed by atoms with E-state index in [-0.39, 0.29) is 10.3 Å². The Balaban J connectivity index is 4.14. The molecule has 0 aliphatic carbocycles. The maximum Gasteiger partial charge on any atom is 0.188 e. The lowest BCUT2D eigenvalue weighted by atomic mass is 10.4. The Labute approximate surface area is 74.9 Å². The first-order valence-corrected chi connectivity index (χ1v) is 3.92. The summed E-state index contributed by atoms with van der Waals surface area (Å²) < 4.78 is 0. The van der Waals surface area contributed by atoms with E-state index in [1.165, 1.54) is 6.20 Å². The standard InChI is InChI=1S/C6H11N5S/c1-4(2-3-7)11-6(10)12-5(8)9/h2-3,10H,7H2,1H3,(H3,8,9). The first kappa shape index (κ1) is 10.7. The molecule has 0 radical (unpaired) electrons. The minimum Gasteiger partial charge on any atom is -0.405 e. The zero-order chi connectivity index (χ0) is 9.56. The summed E-state index contributed by atoms with van der Waals surface area (Å²) in [5.74, 6) is 0. The van der Waals surface area contributed by atoms with Gasteiger partial charge in [-0.15, -0.1) is 0 Å². The van der Waals surface area contributed by atoms with E-state index < -0.39 is 0 Å². The number of nitrogens with one attached hydrogen (secondary N) is 2. The number of hydrogen-bond acceptors (Lipinski definition) is 4. The SMILES string of the molecule is CC(C=CN)=NC(=N)SC(=N)N. The van der Waals surface area contributed by atoms with Crippen LogP contribution < -0.4 is 11.5 Å². The molecule has 0 saturated carbocycles. The summed E-state index contributed by atoms with van der Waals surface area (Å²) in [4.78, 5) is 3.78. The lowest BCUT2D eigenvalue weighted by molar-refractivity contribution is 1.48. The molecule has 0 aliphatic rings. The Morgan fingerprint density at radius 3 is 2.50 bits per heavy atom. The van der Waals surface area contributed by atoms with Gasteiger partial charge in [-0.25, -0.2) is 4.99 Å². The number of thioether (sulfide) groups is 1. The molecular weight excluding hydrogens is 174 g/mol. The van der Waals surface area contributed by atoms with Crippen LogP contribution in [0.2, 0.25) is 0 Å². The first-order valence-electron chi connectivity index (χ1n) is 3.10. The molecule has 0 bridgehead atoms. The quantitative estimate of drug-likeness (QED) is 0.352. The number of rotatable bonds is 1. The Morgan fingerprint density at radius 1 is 1.50 bits per heavy atom. The van der Waals surface area contributed by atoms with Crippen molar-refractivity contribution in [1.29, 1.82) is 10.8 Å². The van der Waals surface area contributed by atoms with E-state index >= 15 is 0 Å². The average molecular weight is 185 g/mol. The third-order valence-electron chi connectivity index (χ3n) is 0.822. The summed E-state index contributed by atoms with van der Waals surface area (Å²) in [6.07, 6.45) is 2.90. The van der Waals surface area contributed by atoms with Crippen molar-refractivity contribution in [3.63, 3.8) is 0 Å². The zero-order valence-electron chi connectivity index (χ0n) is 6.66. The van der Waals surface area contributed by atoms with Crippen molar-refractivity contribution in [1.82, 2.24) is 0 Å². The highest BCUT2D eigenvalue weighted by atomic mass is 32.2. The monoisotopic (exact) mass is 185 g/mol. The minimum atomic E-state index is -0.145. The van der Waals surface area contributed by atoms with Gasteiger partial charge < -0.3 is 11.5 Å². The van der Waals surface area contributed by atoms with Crippen molar-refractivity contribution in [2.24, 2.45) is 16.5 Å². The van der Waals surface area contributed by atoms with E-state index in [0.29, 0.717) is 5.71 Å². The summed E-state index contributed by atoms with van der Waals surface area (Å²) in [5, 5.41) is 13.9. The van der Waals surface area contributed by atoms with Crippen LogP contribution in [0.15, 0.2) is 17.3 Å². The number of hydrogen-bond donors (Lipinski definition) is 4. The fraction of sp³-hybridized carbons (Fsp3) is 0.167. The van der Waals surface area contributed by atoms with Crippen LogP contribution in [0.3, 0.4) is 0 Å². The molecule has 12 heavy (non-hydrogen) atoms. The van der Waals surface area contributed by atoms with E-state index in [4.69, 9.17) is 22.3 Å². The fourth-order valence-corrected chi connectivity index (χ4v) is 0.862. The lowest BCUT2D eigenvalue weighted by Crippen LogP contribution is -2.07. The summed E-state index contributed by atoms with van der Waals surface area (Å²) in [6, 6.07) is 0. The van der Waals surface area contributed by atoms with Crippen LogP contribution in [0.5, 0.6) is 0 Å². The minimum absolute atomic E-state index is 0.0156. The van der Waals surface area contributed by atoms with Gasteiger partial charge in [0.1, 0.15) is 0 Å². The Morgan fingerprint density at radius 2 is 2.08 bits per heavy atom. The van der Waals surface area contributed by atoms with Crippen molar-refractivity contribution in [2.75, 3.05) is 0 Å². The van der Waals surface area contributed by atoms with Gasteiger partial charge in [-0.2, -0.15) is 0 Å². The highest BCUT2D eigenvalue weighted by Gasteiger charge is 1.96. The van der Waals surface area contributed by atoms with E-state index in [9.17, 15) is 0 Å². The molecule has 6 N–H and O–H groups in total. The average Bonchev–Trinajstić information content (AvgIpc) is 1.84. The third-order valence-corrected chi connectivity index (χ3v) is 1.33. The van der Waals surface area contributed by atoms with Gasteiger partial charge in [-0.3, -0.25) is 10.8 Å². The smallest absolute Gasteiger partial charge is 0.188 e. The molecule has 0 fully saturated rings.